The van der Waals surface area contributed by atoms with E-state index in [4.69, 9.17) is 14.2 Å². The lowest BCUT2D eigenvalue weighted by Crippen LogP contribution is -2.15. The number of anilines is 1. The molecule has 1 heterocycles. The first kappa shape index (κ1) is 23.9. The first-order chi connectivity index (χ1) is 15.5. The first-order valence-electron chi connectivity index (χ1n) is 11.2. The van der Waals surface area contributed by atoms with E-state index in [0.717, 1.165) is 30.4 Å². The Morgan fingerprint density at radius 3 is 2.59 bits per heavy atom. The minimum Gasteiger partial charge on any atom is -0.490 e. The normalized spacial score (nSPS) is 15.3. The molecule has 0 radical (unpaired) electrons. The van der Waals surface area contributed by atoms with Crippen LogP contribution in [0.15, 0.2) is 24.3 Å². The van der Waals surface area contributed by atoms with Crippen molar-refractivity contribution in [2.75, 3.05) is 25.1 Å². The van der Waals surface area contributed by atoms with Crippen molar-refractivity contribution in [1.82, 2.24) is 0 Å². The van der Waals surface area contributed by atoms with Crippen molar-refractivity contribution < 1.29 is 23.8 Å². The van der Waals surface area contributed by atoms with Gasteiger partial charge in [0.1, 0.15) is 5.00 Å². The zero-order valence-corrected chi connectivity index (χ0v) is 20.0. The molecule has 32 heavy (non-hydrogen) atoms. The van der Waals surface area contributed by atoms with Gasteiger partial charge in [0.2, 0.25) is 5.91 Å². The summed E-state index contributed by atoms with van der Waals surface area (Å²) >= 11 is 1.48. The van der Waals surface area contributed by atoms with Crippen LogP contribution in [0.3, 0.4) is 0 Å². The second-order valence-corrected chi connectivity index (χ2v) is 8.66. The van der Waals surface area contributed by atoms with Crippen molar-refractivity contribution in [3.63, 3.8) is 0 Å². The lowest BCUT2D eigenvalue weighted by Gasteiger charge is -2.19. The Kier molecular flexibility index (Phi) is 8.33. The zero-order valence-electron chi connectivity index (χ0n) is 19.2. The summed E-state index contributed by atoms with van der Waals surface area (Å²) in [6.07, 6.45) is 6.22. The van der Waals surface area contributed by atoms with Gasteiger partial charge in [-0.3, -0.25) is 4.79 Å². The fraction of sp³-hybridized carbons (Fsp3) is 0.440. The molecule has 1 aromatic heterocycles. The van der Waals surface area contributed by atoms with Gasteiger partial charge in [-0.15, -0.1) is 11.3 Å². The quantitative estimate of drug-likeness (QED) is 0.380. The third-order valence-electron chi connectivity index (χ3n) is 5.27. The number of carbonyl (C=O) groups excluding carboxylic acids is 2. The maximum atomic E-state index is 12.7. The summed E-state index contributed by atoms with van der Waals surface area (Å²) in [5, 5.41) is 3.47. The number of benzene rings is 1. The van der Waals surface area contributed by atoms with E-state index >= 15 is 0 Å². The van der Waals surface area contributed by atoms with Gasteiger partial charge in [-0.2, -0.15) is 0 Å². The van der Waals surface area contributed by atoms with Gasteiger partial charge in [0.15, 0.2) is 11.5 Å². The highest BCUT2D eigenvalue weighted by molar-refractivity contribution is 7.17. The predicted octanol–water partition coefficient (Wildman–Crippen LogP) is 5.81. The number of esters is 1. The molecule has 3 rings (SSSR count). The maximum absolute atomic E-state index is 12.7. The molecule has 0 saturated heterocycles. The molecule has 172 valence electrons. The highest BCUT2D eigenvalue weighted by atomic mass is 32.1. The van der Waals surface area contributed by atoms with E-state index in [1.54, 1.807) is 13.0 Å². The summed E-state index contributed by atoms with van der Waals surface area (Å²) < 4.78 is 16.5. The number of fused-ring (bicyclic) bond motifs is 1. The fourth-order valence-electron chi connectivity index (χ4n) is 3.90. The molecule has 0 bridgehead atoms. The molecule has 1 atom stereocenters. The first-order valence-corrected chi connectivity index (χ1v) is 12.0. The predicted molar refractivity (Wildman–Crippen MR) is 128 cm³/mol. The number of amides is 1. The van der Waals surface area contributed by atoms with Crippen molar-refractivity contribution in [2.24, 2.45) is 0 Å². The van der Waals surface area contributed by atoms with Gasteiger partial charge < -0.3 is 19.5 Å². The molecule has 0 fully saturated rings. The minimum absolute atomic E-state index is 0.274. The van der Waals surface area contributed by atoms with E-state index in [1.807, 2.05) is 32.0 Å². The van der Waals surface area contributed by atoms with Crippen LogP contribution in [-0.4, -0.2) is 31.7 Å². The number of rotatable bonds is 9. The van der Waals surface area contributed by atoms with Crippen LogP contribution in [0.25, 0.3) is 6.08 Å². The van der Waals surface area contributed by atoms with Crippen LogP contribution in [-0.2, 0) is 16.0 Å². The molecule has 1 aliphatic rings. The average molecular weight is 458 g/mol. The third kappa shape index (κ3) is 5.51. The Labute approximate surface area is 193 Å². The van der Waals surface area contributed by atoms with Gasteiger partial charge in [-0.05, 0) is 75.3 Å². The van der Waals surface area contributed by atoms with Crippen LogP contribution >= 0.6 is 11.3 Å². The van der Waals surface area contributed by atoms with Gasteiger partial charge in [-0.25, -0.2) is 4.79 Å². The van der Waals surface area contributed by atoms with Crippen molar-refractivity contribution in [1.29, 1.82) is 0 Å². The number of hydrogen-bond acceptors (Lipinski definition) is 6. The van der Waals surface area contributed by atoms with Crippen LogP contribution in [0.2, 0.25) is 0 Å². The average Bonchev–Trinajstić information content (AvgIpc) is 3.13. The van der Waals surface area contributed by atoms with E-state index in [1.165, 1.54) is 22.3 Å². The molecule has 1 N–H and O–H groups in total. The molecule has 1 aromatic carbocycles. The molecule has 7 heteroatoms. The third-order valence-corrected chi connectivity index (χ3v) is 6.45. The maximum Gasteiger partial charge on any atom is 0.341 e. The fourth-order valence-corrected chi connectivity index (χ4v) is 5.25. The lowest BCUT2D eigenvalue weighted by atomic mass is 9.86. The Balaban J connectivity index is 1.81. The summed E-state index contributed by atoms with van der Waals surface area (Å²) in [7, 11) is 0. The molecule has 1 unspecified atom stereocenters. The monoisotopic (exact) mass is 457 g/mol. The second kappa shape index (κ2) is 11.2. The van der Waals surface area contributed by atoms with Crippen LogP contribution in [0.4, 0.5) is 5.00 Å². The number of nitrogens with one attached hydrogen (secondary N) is 1. The van der Waals surface area contributed by atoms with E-state index in [0.29, 0.717) is 41.9 Å². The van der Waals surface area contributed by atoms with Gasteiger partial charge in [0.25, 0.3) is 0 Å². The van der Waals surface area contributed by atoms with Gasteiger partial charge in [-0.1, -0.05) is 13.0 Å². The van der Waals surface area contributed by atoms with Crippen LogP contribution in [0.1, 0.15) is 72.8 Å². The Morgan fingerprint density at radius 2 is 1.88 bits per heavy atom. The Bertz CT molecular complexity index is 994. The smallest absolute Gasteiger partial charge is 0.341 e. The molecule has 1 amide bonds. The number of carbonyl (C=O) groups is 2. The second-order valence-electron chi connectivity index (χ2n) is 7.55. The topological polar surface area (TPSA) is 73.9 Å². The van der Waals surface area contributed by atoms with E-state index in [9.17, 15) is 9.59 Å². The van der Waals surface area contributed by atoms with Crippen molar-refractivity contribution in [3.05, 3.63) is 45.8 Å². The SMILES string of the molecule is CCOC(=O)c1c(NC(=O)/C=C/c2ccc(OCC)c(OCC)c2)sc2c1C(C)CCC2. The number of thiophene rings is 1. The van der Waals surface area contributed by atoms with Gasteiger partial charge >= 0.3 is 5.97 Å². The highest BCUT2D eigenvalue weighted by Gasteiger charge is 2.30. The summed E-state index contributed by atoms with van der Waals surface area (Å²) in [4.78, 5) is 26.5. The van der Waals surface area contributed by atoms with Crippen LogP contribution in [0.5, 0.6) is 11.5 Å². The zero-order chi connectivity index (χ0) is 23.1. The molecular formula is C25H31NO5S. The minimum atomic E-state index is -0.370. The van der Waals surface area contributed by atoms with Crippen molar-refractivity contribution in [3.8, 4) is 11.5 Å². The molecular weight excluding hydrogens is 426 g/mol. The summed E-state index contributed by atoms with van der Waals surface area (Å²) in [6, 6.07) is 5.54. The largest absolute Gasteiger partial charge is 0.490 e. The van der Waals surface area contributed by atoms with Crippen LogP contribution in [0, 0.1) is 0 Å². The van der Waals surface area contributed by atoms with E-state index in [2.05, 4.69) is 12.2 Å². The van der Waals surface area contributed by atoms with Crippen LogP contribution < -0.4 is 14.8 Å². The number of ether oxygens (including phenoxy) is 3. The molecule has 0 aliphatic heterocycles. The Morgan fingerprint density at radius 1 is 1.12 bits per heavy atom. The van der Waals surface area contributed by atoms with E-state index in [-0.39, 0.29) is 17.8 Å². The molecule has 6 nitrogen and oxygen atoms in total. The summed E-state index contributed by atoms with van der Waals surface area (Å²) in [5.41, 5.74) is 2.36. The number of hydrogen-bond donors (Lipinski definition) is 1. The van der Waals surface area contributed by atoms with Gasteiger partial charge in [0.05, 0.1) is 25.4 Å². The van der Waals surface area contributed by atoms with Crippen molar-refractivity contribution >= 4 is 34.3 Å². The van der Waals surface area contributed by atoms with Crippen molar-refractivity contribution in [2.45, 2.75) is 52.9 Å². The molecule has 1 aliphatic carbocycles. The Hall–Kier alpha value is -2.80. The lowest BCUT2D eigenvalue weighted by molar-refractivity contribution is -0.111. The highest BCUT2D eigenvalue weighted by Crippen LogP contribution is 2.43. The summed E-state index contributed by atoms with van der Waals surface area (Å²) in [5.74, 6) is 0.922. The number of aryl methyl sites for hydroxylation is 1. The van der Waals surface area contributed by atoms with E-state index < -0.39 is 0 Å². The van der Waals surface area contributed by atoms with Gasteiger partial charge in [0, 0.05) is 11.0 Å². The summed E-state index contributed by atoms with van der Waals surface area (Å²) in [6.45, 7) is 9.10. The molecule has 0 spiro atoms. The molecule has 0 saturated carbocycles. The molecule has 2 aromatic rings. The standard InChI is InChI=1S/C25H31NO5S/c1-5-29-18-13-11-17(15-19(18)30-6-2)12-14-21(27)26-24-23(25(28)31-7-3)22-16(4)9-8-10-20(22)32-24/h11-16H,5-10H2,1-4H3,(H,26,27)/b14-12+.